The van der Waals surface area contributed by atoms with E-state index in [0.717, 1.165) is 9.64 Å². The zero-order valence-corrected chi connectivity index (χ0v) is 12.4. The van der Waals surface area contributed by atoms with Crippen LogP contribution in [0.2, 0.25) is 0 Å². The van der Waals surface area contributed by atoms with Crippen LogP contribution in [0.1, 0.15) is 26.3 Å². The van der Waals surface area contributed by atoms with Gasteiger partial charge in [0.25, 0.3) is 0 Å². The molecule has 22 heavy (non-hydrogen) atoms. The van der Waals surface area contributed by atoms with Gasteiger partial charge in [-0.15, -0.1) is 4.74 Å². The van der Waals surface area contributed by atoms with Gasteiger partial charge < -0.3 is 9.63 Å². The monoisotopic (exact) mass is 308 g/mol. The summed E-state index contributed by atoms with van der Waals surface area (Å²) in [6, 6.07) is 3.15. The summed E-state index contributed by atoms with van der Waals surface area (Å²) in [5.41, 5.74) is -0.714. The number of nitrogens with zero attached hydrogens (tertiary/aromatic N) is 3. The summed E-state index contributed by atoms with van der Waals surface area (Å²) in [4.78, 5) is 40.8. The van der Waals surface area contributed by atoms with Crippen molar-refractivity contribution in [3.63, 3.8) is 0 Å². The van der Waals surface area contributed by atoms with Crippen molar-refractivity contribution in [2.45, 2.75) is 32.9 Å². The second kappa shape index (κ2) is 5.51. The van der Waals surface area contributed by atoms with Crippen molar-refractivity contribution < 1.29 is 14.4 Å². The first-order valence-electron chi connectivity index (χ1n) is 6.47. The summed E-state index contributed by atoms with van der Waals surface area (Å²) in [7, 11) is 0. The van der Waals surface area contributed by atoms with Crippen LogP contribution in [-0.4, -0.2) is 31.4 Å². The number of pyridine rings is 1. The minimum absolute atomic E-state index is 0.0213. The number of aromatic amines is 1. The average Bonchev–Trinajstić information content (AvgIpc) is 2.68. The predicted molar refractivity (Wildman–Crippen MR) is 77.2 cm³/mol. The van der Waals surface area contributed by atoms with Crippen LogP contribution in [0, 0.1) is 0 Å². The van der Waals surface area contributed by atoms with E-state index in [4.69, 9.17) is 0 Å². The van der Waals surface area contributed by atoms with E-state index in [1.54, 1.807) is 26.8 Å². The van der Waals surface area contributed by atoms with E-state index in [-0.39, 0.29) is 12.4 Å². The lowest BCUT2D eigenvalue weighted by atomic mass is 10.1. The molecule has 0 fully saturated rings. The number of carboxylic acid groups (broad SMARTS) is 1. The normalized spacial score (nSPS) is 11.4. The molecule has 0 aliphatic heterocycles. The Morgan fingerprint density at radius 2 is 2.09 bits per heavy atom. The maximum absolute atomic E-state index is 11.4. The van der Waals surface area contributed by atoms with Gasteiger partial charge in [-0.1, -0.05) is 6.07 Å². The Morgan fingerprint density at radius 1 is 1.41 bits per heavy atom. The maximum Gasteiger partial charge on any atom is 0.440 e. The lowest BCUT2D eigenvalue weighted by molar-refractivity contribution is 0.195. The summed E-state index contributed by atoms with van der Waals surface area (Å²) in [6.07, 6.45) is 0.316. The van der Waals surface area contributed by atoms with Crippen molar-refractivity contribution >= 4 is 11.9 Å². The number of rotatable bonds is 3. The van der Waals surface area contributed by atoms with Crippen molar-refractivity contribution in [1.29, 1.82) is 0 Å². The zero-order chi connectivity index (χ0) is 16.5. The lowest BCUT2D eigenvalue weighted by Gasteiger charge is -2.32. The van der Waals surface area contributed by atoms with E-state index in [9.17, 15) is 19.5 Å². The molecular weight excluding hydrogens is 292 g/mol. The molecule has 0 atom stereocenters. The standard InChI is InChI=1S/C13H16N4O5/c1-13(2,3)17(12(20)21)9-5-4-8(6-14-9)7-16-10(18)15-11(19)22-16/h4-6H,7H2,1-3H3,(H,20,21)(H,15,18,19). The molecule has 2 N–H and O–H groups in total. The number of carbonyl (C=O) groups is 1. The fraction of sp³-hybridized carbons (Fsp3) is 0.385. The molecule has 0 radical (unpaired) electrons. The first kappa shape index (κ1) is 15.5. The van der Waals surface area contributed by atoms with Gasteiger partial charge in [-0.25, -0.2) is 24.4 Å². The number of nitrogens with one attached hydrogen (secondary N) is 1. The minimum atomic E-state index is -1.11. The van der Waals surface area contributed by atoms with Crippen molar-refractivity contribution in [3.8, 4) is 0 Å². The summed E-state index contributed by atoms with van der Waals surface area (Å²) in [5.74, 6) is -0.564. The maximum atomic E-state index is 11.4. The summed E-state index contributed by atoms with van der Waals surface area (Å²) in [6.45, 7) is 5.29. The molecule has 2 aromatic rings. The van der Waals surface area contributed by atoms with Gasteiger partial charge in [0, 0.05) is 11.7 Å². The first-order chi connectivity index (χ1) is 10.2. The molecule has 118 valence electrons. The van der Waals surface area contributed by atoms with Crippen LogP contribution in [0.4, 0.5) is 10.6 Å². The molecule has 0 saturated heterocycles. The molecular formula is C13H16N4O5. The van der Waals surface area contributed by atoms with Crippen LogP contribution in [0.5, 0.6) is 0 Å². The second-order valence-electron chi connectivity index (χ2n) is 5.66. The van der Waals surface area contributed by atoms with Crippen LogP contribution in [0.25, 0.3) is 0 Å². The van der Waals surface area contributed by atoms with E-state index < -0.39 is 23.1 Å². The highest BCUT2D eigenvalue weighted by Gasteiger charge is 2.28. The summed E-state index contributed by atoms with van der Waals surface area (Å²) >= 11 is 0. The molecule has 1 amide bonds. The Labute approximate surface area is 124 Å². The largest absolute Gasteiger partial charge is 0.465 e. The van der Waals surface area contributed by atoms with Crippen LogP contribution in [0.15, 0.2) is 32.4 Å². The Kier molecular flexibility index (Phi) is 3.89. The van der Waals surface area contributed by atoms with Gasteiger partial charge in [-0.3, -0.25) is 4.90 Å². The van der Waals surface area contributed by atoms with Crippen LogP contribution in [0.3, 0.4) is 0 Å². The zero-order valence-electron chi connectivity index (χ0n) is 12.4. The van der Waals surface area contributed by atoms with Crippen LogP contribution >= 0.6 is 0 Å². The number of H-pyrrole nitrogens is 1. The molecule has 2 aromatic heterocycles. The van der Waals surface area contributed by atoms with E-state index in [0.29, 0.717) is 5.56 Å². The number of amides is 1. The van der Waals surface area contributed by atoms with E-state index >= 15 is 0 Å². The van der Waals surface area contributed by atoms with E-state index in [1.807, 2.05) is 4.98 Å². The third-order valence-corrected chi connectivity index (χ3v) is 2.86. The fourth-order valence-corrected chi connectivity index (χ4v) is 1.95. The predicted octanol–water partition coefficient (Wildman–Crippen LogP) is 0.856. The third kappa shape index (κ3) is 3.25. The van der Waals surface area contributed by atoms with Gasteiger partial charge >= 0.3 is 17.5 Å². The molecule has 0 aliphatic rings. The van der Waals surface area contributed by atoms with Gasteiger partial charge in [0.15, 0.2) is 0 Å². The van der Waals surface area contributed by atoms with Crippen molar-refractivity contribution in [3.05, 3.63) is 44.9 Å². The number of aromatic nitrogens is 3. The van der Waals surface area contributed by atoms with E-state index in [2.05, 4.69) is 9.51 Å². The smallest absolute Gasteiger partial charge is 0.440 e. The molecule has 0 saturated carbocycles. The number of hydrogen-bond acceptors (Lipinski definition) is 5. The van der Waals surface area contributed by atoms with Gasteiger partial charge in [0.05, 0.1) is 6.54 Å². The Bertz CT molecular complexity index is 778. The number of anilines is 1. The van der Waals surface area contributed by atoms with Gasteiger partial charge in [-0.05, 0) is 32.4 Å². The highest BCUT2D eigenvalue weighted by molar-refractivity contribution is 5.86. The molecule has 0 bridgehead atoms. The Hall–Kier alpha value is -2.84. The second-order valence-corrected chi connectivity index (χ2v) is 5.66. The summed E-state index contributed by atoms with van der Waals surface area (Å²) < 4.78 is 5.51. The quantitative estimate of drug-likeness (QED) is 0.867. The molecule has 0 aliphatic carbocycles. The first-order valence-corrected chi connectivity index (χ1v) is 6.47. The molecule has 0 aromatic carbocycles. The van der Waals surface area contributed by atoms with Gasteiger partial charge in [0.2, 0.25) is 0 Å². The molecule has 2 rings (SSSR count). The highest BCUT2D eigenvalue weighted by atomic mass is 16.5. The van der Waals surface area contributed by atoms with Crippen molar-refractivity contribution in [2.24, 2.45) is 0 Å². The topological polar surface area (TPSA) is 121 Å². The fourth-order valence-electron chi connectivity index (χ4n) is 1.95. The molecule has 2 heterocycles. The van der Waals surface area contributed by atoms with Crippen molar-refractivity contribution in [2.75, 3.05) is 4.90 Å². The highest BCUT2D eigenvalue weighted by Crippen LogP contribution is 2.22. The summed E-state index contributed by atoms with van der Waals surface area (Å²) in [5, 5.41) is 9.29. The third-order valence-electron chi connectivity index (χ3n) is 2.86. The Morgan fingerprint density at radius 3 is 2.50 bits per heavy atom. The molecule has 9 heteroatoms. The van der Waals surface area contributed by atoms with Crippen LogP contribution in [-0.2, 0) is 6.54 Å². The van der Waals surface area contributed by atoms with E-state index in [1.165, 1.54) is 12.3 Å². The van der Waals surface area contributed by atoms with Crippen LogP contribution < -0.4 is 16.3 Å². The Balaban J connectivity index is 2.26. The average molecular weight is 308 g/mol. The SMILES string of the molecule is CC(C)(C)N(C(=O)O)c1ccc(Cn2oc(=O)[nH]c2=O)cn1. The lowest BCUT2D eigenvalue weighted by Crippen LogP contribution is -2.45. The van der Waals surface area contributed by atoms with Gasteiger partial charge in [0.1, 0.15) is 5.82 Å². The molecule has 9 nitrogen and oxygen atoms in total. The van der Waals surface area contributed by atoms with Crippen molar-refractivity contribution in [1.82, 2.24) is 14.7 Å². The number of hydrogen-bond donors (Lipinski definition) is 2. The molecule has 0 spiro atoms. The minimum Gasteiger partial charge on any atom is -0.465 e. The van der Waals surface area contributed by atoms with Gasteiger partial charge in [-0.2, -0.15) is 0 Å². The molecule has 0 unspecified atom stereocenters.